The summed E-state index contributed by atoms with van der Waals surface area (Å²) in [6, 6.07) is 23.9. The van der Waals surface area contributed by atoms with Gasteiger partial charge in [0.1, 0.15) is 5.75 Å². The smallest absolute Gasteiger partial charge is 0.260 e. The largest absolute Gasteiger partial charge is 0.493 e. The average molecular weight is 736 g/mol. The van der Waals surface area contributed by atoms with Crippen molar-refractivity contribution in [1.29, 1.82) is 0 Å². The Hall–Kier alpha value is -6.16. The first-order valence-electron chi connectivity index (χ1n) is 18.9. The zero-order valence-corrected chi connectivity index (χ0v) is 31.8. The highest BCUT2D eigenvalue weighted by Crippen LogP contribution is 2.41. The van der Waals surface area contributed by atoms with E-state index in [0.717, 1.165) is 39.9 Å². The van der Waals surface area contributed by atoms with E-state index >= 15 is 0 Å². The molecule has 4 aliphatic heterocycles. The summed E-state index contributed by atoms with van der Waals surface area (Å²) in [6.07, 6.45) is 9.59. The second-order valence-corrected chi connectivity index (χ2v) is 14.8. The average Bonchev–Trinajstić information content (AvgIpc) is 3.76. The predicted molar refractivity (Wildman–Crippen MR) is 218 cm³/mol. The molecule has 0 radical (unpaired) electrons. The summed E-state index contributed by atoms with van der Waals surface area (Å²) in [5, 5.41) is 3.41. The highest BCUT2D eigenvalue weighted by Gasteiger charge is 2.35. The van der Waals surface area contributed by atoms with Crippen molar-refractivity contribution in [3.8, 4) is 17.2 Å². The second kappa shape index (κ2) is 14.9. The van der Waals surface area contributed by atoms with Crippen LogP contribution < -0.4 is 19.5 Å². The van der Waals surface area contributed by atoms with E-state index in [-0.39, 0.29) is 23.9 Å². The predicted octanol–water partition coefficient (Wildman–Crippen LogP) is 8.92. The summed E-state index contributed by atoms with van der Waals surface area (Å²) in [4.78, 5) is 40.5. The van der Waals surface area contributed by atoms with Gasteiger partial charge in [0.25, 0.3) is 11.8 Å². The van der Waals surface area contributed by atoms with E-state index in [9.17, 15) is 9.59 Å². The van der Waals surface area contributed by atoms with Crippen molar-refractivity contribution in [2.24, 2.45) is 9.98 Å². The summed E-state index contributed by atoms with van der Waals surface area (Å²) in [5.41, 5.74) is 9.72. The van der Waals surface area contributed by atoms with Crippen molar-refractivity contribution in [2.45, 2.75) is 65.1 Å². The Bertz CT molecular complexity index is 2270. The number of aliphatic imine (C=N–C) groups is 2. The number of hydrogen-bond acceptors (Lipinski definition) is 8. The number of nitrogens with one attached hydrogen (secondary N) is 1. The van der Waals surface area contributed by atoms with Gasteiger partial charge in [-0.2, -0.15) is 0 Å². The summed E-state index contributed by atoms with van der Waals surface area (Å²) < 4.78 is 18.0. The summed E-state index contributed by atoms with van der Waals surface area (Å²) in [6.45, 7) is 8.97. The molecule has 2 amide bonds. The molecule has 0 saturated heterocycles. The molecule has 4 aromatic carbocycles. The van der Waals surface area contributed by atoms with Gasteiger partial charge in [0, 0.05) is 68.0 Å². The third-order valence-corrected chi connectivity index (χ3v) is 10.4. The number of fused-ring (bicyclic) bond motifs is 4. The number of ether oxygens (including phenoxy) is 3. The maximum atomic E-state index is 13.8. The molecule has 0 bridgehead atoms. The number of aryl methyl sites for hydroxylation is 2. The molecule has 280 valence electrons. The van der Waals surface area contributed by atoms with Crippen LogP contribution in [0.4, 0.5) is 17.1 Å². The summed E-state index contributed by atoms with van der Waals surface area (Å²) >= 11 is 0. The molecule has 0 spiro atoms. The number of anilines is 1. The monoisotopic (exact) mass is 735 g/mol. The van der Waals surface area contributed by atoms with E-state index in [0.29, 0.717) is 71.8 Å². The first kappa shape index (κ1) is 35.8. The van der Waals surface area contributed by atoms with Crippen LogP contribution in [0.3, 0.4) is 0 Å². The zero-order chi connectivity index (χ0) is 38.2. The third kappa shape index (κ3) is 7.24. The number of benzene rings is 4. The first-order valence-corrected chi connectivity index (χ1v) is 18.9. The molecule has 0 aliphatic carbocycles. The van der Waals surface area contributed by atoms with Crippen LogP contribution in [0.25, 0.3) is 11.1 Å². The molecule has 4 aliphatic rings. The number of hydrogen-bond donors (Lipinski definition) is 1. The molecular formula is C45H45N5O5. The van der Waals surface area contributed by atoms with Gasteiger partial charge in [-0.25, -0.2) is 0 Å². The second-order valence-electron chi connectivity index (χ2n) is 14.8. The van der Waals surface area contributed by atoms with Gasteiger partial charge in [0.2, 0.25) is 0 Å². The Morgan fingerprint density at radius 1 is 0.709 bits per heavy atom. The van der Waals surface area contributed by atoms with Crippen LogP contribution in [-0.4, -0.2) is 72.5 Å². The molecule has 0 saturated carbocycles. The van der Waals surface area contributed by atoms with Crippen LogP contribution in [0.5, 0.6) is 17.2 Å². The van der Waals surface area contributed by atoms with Gasteiger partial charge < -0.3 is 29.3 Å². The normalized spacial score (nSPS) is 18.2. The molecule has 10 nitrogen and oxygen atoms in total. The van der Waals surface area contributed by atoms with Crippen LogP contribution in [0, 0.1) is 13.8 Å². The fraction of sp³-hybridized carbons (Fsp3) is 0.289. The maximum absolute atomic E-state index is 13.8. The van der Waals surface area contributed by atoms with Crippen molar-refractivity contribution >= 4 is 52.5 Å². The van der Waals surface area contributed by atoms with Crippen molar-refractivity contribution < 1.29 is 23.8 Å². The molecule has 0 unspecified atom stereocenters. The van der Waals surface area contributed by atoms with Gasteiger partial charge in [0.05, 0.1) is 54.9 Å². The molecular weight excluding hydrogens is 691 g/mol. The lowest BCUT2D eigenvalue weighted by atomic mass is 10.0. The molecule has 55 heavy (non-hydrogen) atoms. The number of rotatable bonds is 11. The Morgan fingerprint density at radius 2 is 1.24 bits per heavy atom. The standard InChI is InChI=1S/C45H45N5O5/c1-27(2)48-34-13-11-31(12-14-34)33-19-36-24-47-40-22-43(42(53-5)20-38(40)45(52)50(36)26-33)55-16-6-15-54-41-21-39-37(17-29(41)4)44(51)49-25-32(18-35(49)23-46-39)30-9-7-28(3)8-10-30/h7-14,17,20-27,35-36,48H,6,15-16,18-19H2,1-5H3/t35-,36-/m0/s1. The fourth-order valence-corrected chi connectivity index (χ4v) is 7.46. The van der Waals surface area contributed by atoms with Crippen molar-refractivity contribution in [3.05, 3.63) is 119 Å². The van der Waals surface area contributed by atoms with Crippen molar-refractivity contribution in [3.63, 3.8) is 0 Å². The van der Waals surface area contributed by atoms with E-state index in [1.165, 1.54) is 5.56 Å². The van der Waals surface area contributed by atoms with Gasteiger partial charge in [-0.1, -0.05) is 42.0 Å². The van der Waals surface area contributed by atoms with E-state index < -0.39 is 0 Å². The highest BCUT2D eigenvalue weighted by atomic mass is 16.5. The number of nitrogens with zero attached hydrogens (tertiary/aromatic N) is 4. The van der Waals surface area contributed by atoms with E-state index in [4.69, 9.17) is 24.2 Å². The minimum Gasteiger partial charge on any atom is -0.493 e. The van der Waals surface area contributed by atoms with Gasteiger partial charge >= 0.3 is 0 Å². The number of methoxy groups -OCH3 is 1. The Labute approximate surface area is 321 Å². The molecule has 1 N–H and O–H groups in total. The molecule has 0 aromatic heterocycles. The Morgan fingerprint density at radius 3 is 1.80 bits per heavy atom. The van der Waals surface area contributed by atoms with Crippen LogP contribution >= 0.6 is 0 Å². The lowest BCUT2D eigenvalue weighted by Gasteiger charge is -2.19. The quantitative estimate of drug-likeness (QED) is 0.154. The van der Waals surface area contributed by atoms with Crippen LogP contribution in [0.15, 0.2) is 95.2 Å². The minimum atomic E-state index is -0.179. The van der Waals surface area contributed by atoms with Gasteiger partial charge in [-0.15, -0.1) is 0 Å². The van der Waals surface area contributed by atoms with Crippen molar-refractivity contribution in [1.82, 2.24) is 9.80 Å². The number of carbonyl (C=O) groups is 2. The van der Waals surface area contributed by atoms with Gasteiger partial charge in [-0.05, 0) is 79.8 Å². The highest BCUT2D eigenvalue weighted by molar-refractivity contribution is 6.06. The summed E-state index contributed by atoms with van der Waals surface area (Å²) in [5.74, 6) is 1.45. The fourth-order valence-electron chi connectivity index (χ4n) is 7.46. The molecule has 0 fully saturated rings. The molecule has 8 rings (SSSR count). The summed E-state index contributed by atoms with van der Waals surface area (Å²) in [7, 11) is 1.56. The topological polar surface area (TPSA) is 105 Å². The number of carbonyl (C=O) groups excluding carboxylic acids is 2. The van der Waals surface area contributed by atoms with E-state index in [1.54, 1.807) is 29.0 Å². The molecule has 2 atom stereocenters. The maximum Gasteiger partial charge on any atom is 0.260 e. The van der Waals surface area contributed by atoms with E-state index in [2.05, 4.69) is 74.6 Å². The van der Waals surface area contributed by atoms with Crippen molar-refractivity contribution in [2.75, 3.05) is 25.6 Å². The minimum absolute atomic E-state index is 0.0642. The van der Waals surface area contributed by atoms with Crippen LogP contribution in [-0.2, 0) is 0 Å². The third-order valence-electron chi connectivity index (χ3n) is 10.4. The van der Waals surface area contributed by atoms with E-state index in [1.807, 2.05) is 43.9 Å². The molecule has 4 heterocycles. The zero-order valence-electron chi connectivity index (χ0n) is 31.8. The lowest BCUT2D eigenvalue weighted by molar-refractivity contribution is 0.0809. The Balaban J connectivity index is 0.889. The molecule has 10 heteroatoms. The Kier molecular flexibility index (Phi) is 9.73. The van der Waals surface area contributed by atoms with Crippen LogP contribution in [0.2, 0.25) is 0 Å². The lowest BCUT2D eigenvalue weighted by Crippen LogP contribution is -2.32. The van der Waals surface area contributed by atoms with Gasteiger partial charge in [-0.3, -0.25) is 19.6 Å². The van der Waals surface area contributed by atoms with Crippen LogP contribution in [0.1, 0.15) is 76.1 Å². The number of amides is 2. The molecule has 4 aromatic rings. The SMILES string of the molecule is COc1cc2c(cc1OCCCOc1cc3c(cc1C)C(=O)N1C=C(c4ccc(C)cc4)C[C@H]1C=N3)N=C[C@@H]1CC(c3ccc(NC(C)C)cc3)=CN1C2=O. The van der Waals surface area contributed by atoms with Gasteiger partial charge in [0.15, 0.2) is 11.5 Å². The first-order chi connectivity index (χ1) is 26.6.